The van der Waals surface area contributed by atoms with Gasteiger partial charge in [0.1, 0.15) is 0 Å². The third-order valence-electron chi connectivity index (χ3n) is 5.43. The lowest BCUT2D eigenvalue weighted by Crippen LogP contribution is -2.72. The van der Waals surface area contributed by atoms with Gasteiger partial charge in [-0.15, -0.1) is 0 Å². The fourth-order valence-electron chi connectivity index (χ4n) is 2.66. The number of carbonyl (C=O) groups is 3. The van der Waals surface area contributed by atoms with Crippen LogP contribution in [0.1, 0.15) is 34.6 Å². The number of esters is 1. The molecule has 2 N–H and O–H groups in total. The van der Waals surface area contributed by atoms with Crippen molar-refractivity contribution in [2.45, 2.75) is 64.9 Å². The Hall–Kier alpha value is -1.41. The fraction of sp³-hybridized carbons (Fsp3) is 0.812. The molecule has 1 saturated heterocycles. The van der Waals surface area contributed by atoms with E-state index in [2.05, 4.69) is 43.9 Å². The zero-order valence-electron chi connectivity index (χ0n) is 15.7. The van der Waals surface area contributed by atoms with Crippen molar-refractivity contribution in [3.63, 3.8) is 0 Å². The topological polar surface area (TPSA) is 102 Å². The van der Waals surface area contributed by atoms with Crippen LogP contribution in [0.2, 0.25) is 18.1 Å². The van der Waals surface area contributed by atoms with Gasteiger partial charge in [-0.25, -0.2) is 0 Å². The molecular weight excluding hydrogens is 331 g/mol. The molecule has 0 aliphatic carbocycles. The number of aliphatic carboxylic acids is 1. The Morgan fingerprint density at radius 2 is 1.75 bits per heavy atom. The number of hydrogen-bond acceptors (Lipinski definition) is 5. The summed E-state index contributed by atoms with van der Waals surface area (Å²) in [5, 5.41) is 12.0. The van der Waals surface area contributed by atoms with Crippen molar-refractivity contribution < 1.29 is 28.7 Å². The number of hydrogen-bond donors (Lipinski definition) is 2. The molecule has 0 radical (unpaired) electrons. The minimum atomic E-state index is -2.14. The molecule has 0 aromatic rings. The Bertz CT molecular complexity index is 541. The summed E-state index contributed by atoms with van der Waals surface area (Å²) in [6.07, 6.45) is -0.493. The van der Waals surface area contributed by atoms with Crippen molar-refractivity contribution in [3.8, 4) is 0 Å². The molecule has 0 saturated carbocycles. The number of ether oxygens (including phenoxy) is 1. The largest absolute Gasteiger partial charge is 0.480 e. The van der Waals surface area contributed by atoms with Gasteiger partial charge in [0.25, 0.3) is 0 Å². The zero-order valence-corrected chi connectivity index (χ0v) is 16.7. The van der Waals surface area contributed by atoms with Crippen LogP contribution < -0.4 is 5.32 Å². The first kappa shape index (κ1) is 20.6. The van der Waals surface area contributed by atoms with Gasteiger partial charge < -0.3 is 19.6 Å². The van der Waals surface area contributed by atoms with Crippen molar-refractivity contribution >= 4 is 26.2 Å². The van der Waals surface area contributed by atoms with Gasteiger partial charge in [-0.2, -0.15) is 0 Å². The van der Waals surface area contributed by atoms with Gasteiger partial charge in [-0.3, -0.25) is 14.4 Å². The second kappa shape index (κ2) is 6.48. The lowest BCUT2D eigenvalue weighted by atomic mass is 9.73. The van der Waals surface area contributed by atoms with Crippen molar-refractivity contribution in [1.29, 1.82) is 0 Å². The second-order valence-electron chi connectivity index (χ2n) is 8.09. The minimum Gasteiger partial charge on any atom is -0.480 e. The number of carboxylic acids is 1. The van der Waals surface area contributed by atoms with E-state index in [0.717, 1.165) is 7.11 Å². The van der Waals surface area contributed by atoms with E-state index in [9.17, 15) is 19.5 Å². The van der Waals surface area contributed by atoms with Crippen LogP contribution in [0.4, 0.5) is 0 Å². The molecule has 0 unspecified atom stereocenters. The first-order valence-corrected chi connectivity index (χ1v) is 10.9. The van der Waals surface area contributed by atoms with Gasteiger partial charge in [-0.1, -0.05) is 20.8 Å². The van der Waals surface area contributed by atoms with Gasteiger partial charge in [0.05, 0.1) is 25.2 Å². The van der Waals surface area contributed by atoms with Gasteiger partial charge in [0, 0.05) is 0 Å². The molecule has 1 fully saturated rings. The van der Waals surface area contributed by atoms with Crippen molar-refractivity contribution in [2.24, 2.45) is 11.3 Å². The Morgan fingerprint density at radius 1 is 1.25 bits per heavy atom. The van der Waals surface area contributed by atoms with Gasteiger partial charge >= 0.3 is 11.9 Å². The third kappa shape index (κ3) is 3.35. The number of rotatable bonds is 6. The quantitative estimate of drug-likeness (QED) is 0.246. The molecule has 24 heavy (non-hydrogen) atoms. The van der Waals surface area contributed by atoms with E-state index < -0.39 is 43.7 Å². The predicted octanol–water partition coefficient (Wildman–Crippen LogP) is 1.78. The Labute approximate surface area is 144 Å². The molecule has 1 aliphatic heterocycles. The van der Waals surface area contributed by atoms with Crippen LogP contribution in [-0.2, 0) is 23.5 Å². The first-order chi connectivity index (χ1) is 10.7. The lowest BCUT2D eigenvalue weighted by Gasteiger charge is -2.49. The predicted molar refractivity (Wildman–Crippen MR) is 90.9 cm³/mol. The summed E-state index contributed by atoms with van der Waals surface area (Å²) in [5.74, 6) is -3.23. The number of amides is 1. The van der Waals surface area contributed by atoms with Crippen LogP contribution in [0, 0.1) is 11.3 Å². The molecule has 1 heterocycles. The van der Waals surface area contributed by atoms with Gasteiger partial charge in [0.2, 0.25) is 5.91 Å². The standard InChI is InChI=1S/C16H29NO6Si/c1-9(23-24(7,8)15(2,3)4)10-11(17-12(10)18)16(5,13(19)20)14(21)22-6/h9-11H,1-8H3,(H,17,18)(H,19,20)/t9-,10-,11+,16+/m1/s1/i13+1. The molecule has 0 aromatic heterocycles. The monoisotopic (exact) mass is 360 g/mol. The van der Waals surface area contributed by atoms with E-state index in [4.69, 9.17) is 4.43 Å². The lowest BCUT2D eigenvalue weighted by molar-refractivity contribution is -0.175. The van der Waals surface area contributed by atoms with E-state index >= 15 is 0 Å². The molecule has 8 heteroatoms. The summed E-state index contributed by atoms with van der Waals surface area (Å²) in [4.78, 5) is 35.8. The van der Waals surface area contributed by atoms with E-state index in [-0.39, 0.29) is 10.9 Å². The number of carbonyl (C=O) groups excluding carboxylic acids is 2. The smallest absolute Gasteiger partial charge is 0.325 e. The minimum absolute atomic E-state index is 0.0462. The maximum absolute atomic E-state index is 12.1. The summed E-state index contributed by atoms with van der Waals surface area (Å²) in [6, 6.07) is -0.866. The molecule has 4 atom stereocenters. The molecule has 0 bridgehead atoms. The van der Waals surface area contributed by atoms with Gasteiger partial charge in [-0.05, 0) is 32.0 Å². The van der Waals surface area contributed by atoms with Crippen LogP contribution in [0.25, 0.3) is 0 Å². The third-order valence-corrected chi connectivity index (χ3v) is 10.0. The first-order valence-electron chi connectivity index (χ1n) is 8.00. The summed E-state index contributed by atoms with van der Waals surface area (Å²) < 4.78 is 10.9. The van der Waals surface area contributed by atoms with E-state index in [0.29, 0.717) is 0 Å². The van der Waals surface area contributed by atoms with Crippen molar-refractivity contribution in [2.75, 3.05) is 7.11 Å². The molecule has 0 spiro atoms. The van der Waals surface area contributed by atoms with Gasteiger partial charge in [0.15, 0.2) is 13.7 Å². The number of β-lactam (4-membered cyclic amide) rings is 1. The molecule has 1 aliphatic rings. The Morgan fingerprint density at radius 3 is 2.08 bits per heavy atom. The van der Waals surface area contributed by atoms with E-state index in [1.165, 1.54) is 6.92 Å². The highest BCUT2D eigenvalue weighted by Gasteiger charge is 2.61. The maximum Gasteiger partial charge on any atom is 0.325 e. The number of nitrogens with one attached hydrogen (secondary N) is 1. The average molecular weight is 360 g/mol. The second-order valence-corrected chi connectivity index (χ2v) is 12.9. The number of carboxylic acid groups (broad SMARTS) is 1. The summed E-state index contributed by atoms with van der Waals surface area (Å²) in [6.45, 7) is 13.4. The summed E-state index contributed by atoms with van der Waals surface area (Å²) >= 11 is 0. The molecule has 1 amide bonds. The SMILES string of the molecule is COC(=O)[C@@](C)([C@H]1NC(=O)[C@@H]1[C@@H](C)O[Si](C)(C)C(C)(C)C)[13C](=O)O. The van der Waals surface area contributed by atoms with Crippen LogP contribution >= 0.6 is 0 Å². The van der Waals surface area contributed by atoms with E-state index in [1.807, 2.05) is 0 Å². The summed E-state index contributed by atoms with van der Waals surface area (Å²) in [5.41, 5.74) is -1.85. The van der Waals surface area contributed by atoms with Crippen LogP contribution in [0.15, 0.2) is 0 Å². The normalized spacial score (nSPS) is 25.1. The highest BCUT2D eigenvalue weighted by molar-refractivity contribution is 6.74. The highest BCUT2D eigenvalue weighted by atomic mass is 28.4. The Kier molecular flexibility index (Phi) is 5.57. The molecule has 138 valence electrons. The summed E-state index contributed by atoms with van der Waals surface area (Å²) in [7, 11) is -1.00. The highest BCUT2D eigenvalue weighted by Crippen LogP contribution is 2.41. The molecular formula is C16H29NO6Si. The maximum atomic E-state index is 12.1. The fourth-order valence-corrected chi connectivity index (χ4v) is 4.09. The molecule has 1 rings (SSSR count). The Balaban J connectivity index is 3.08. The average Bonchev–Trinajstić information content (AvgIpc) is 2.40. The van der Waals surface area contributed by atoms with Crippen LogP contribution in [0.5, 0.6) is 0 Å². The van der Waals surface area contributed by atoms with Crippen LogP contribution in [0.3, 0.4) is 0 Å². The molecule has 0 aromatic carbocycles. The van der Waals surface area contributed by atoms with Crippen LogP contribution in [-0.4, -0.2) is 50.5 Å². The number of methoxy groups -OCH3 is 1. The van der Waals surface area contributed by atoms with Crippen molar-refractivity contribution in [3.05, 3.63) is 0 Å². The molecule has 7 nitrogen and oxygen atoms in total. The van der Waals surface area contributed by atoms with Crippen molar-refractivity contribution in [1.82, 2.24) is 5.32 Å². The zero-order chi connectivity index (χ0) is 19.1. The van der Waals surface area contributed by atoms with E-state index in [1.54, 1.807) is 6.92 Å².